The monoisotopic (exact) mass is 404 g/mol. The van der Waals surface area contributed by atoms with Crippen molar-refractivity contribution < 1.29 is 23.6 Å². The number of rotatable bonds is 5. The van der Waals surface area contributed by atoms with Gasteiger partial charge in [-0.1, -0.05) is 6.07 Å². The van der Waals surface area contributed by atoms with Crippen LogP contribution in [-0.4, -0.2) is 27.2 Å². The molecule has 7 nitrogen and oxygen atoms in total. The molecule has 2 heterocycles. The minimum Gasteiger partial charge on any atom is -0.508 e. The Hall–Kier alpha value is -2.99. The first-order chi connectivity index (χ1) is 13.4. The fourth-order valence-electron chi connectivity index (χ4n) is 2.92. The predicted octanol–water partition coefficient (Wildman–Crippen LogP) is 2.71. The molecule has 28 heavy (non-hydrogen) atoms. The first kappa shape index (κ1) is 19.8. The SMILES string of the molecule is CCOC(=O)c1c(OP)c2ncc(Cc3ccc(F)cc3O)cc2n(C)c1=O. The van der Waals surface area contributed by atoms with Gasteiger partial charge >= 0.3 is 5.97 Å². The molecule has 0 saturated heterocycles. The average Bonchev–Trinajstić information content (AvgIpc) is 2.67. The third-order valence-corrected chi connectivity index (χ3v) is 4.52. The van der Waals surface area contributed by atoms with Crippen LogP contribution in [0.25, 0.3) is 11.0 Å². The molecule has 0 fully saturated rings. The van der Waals surface area contributed by atoms with Crippen LogP contribution < -0.4 is 10.1 Å². The van der Waals surface area contributed by atoms with Crippen LogP contribution in [0.5, 0.6) is 11.5 Å². The summed E-state index contributed by atoms with van der Waals surface area (Å²) in [5.41, 5.74) is 1.14. The second kappa shape index (κ2) is 7.94. The number of halogens is 1. The van der Waals surface area contributed by atoms with E-state index in [0.717, 1.165) is 6.07 Å². The second-order valence-corrected chi connectivity index (χ2v) is 6.30. The van der Waals surface area contributed by atoms with Crippen LogP contribution in [-0.2, 0) is 18.2 Å². The van der Waals surface area contributed by atoms with E-state index >= 15 is 0 Å². The van der Waals surface area contributed by atoms with Gasteiger partial charge in [0.2, 0.25) is 0 Å². The number of ether oxygens (including phenoxy) is 1. The molecule has 146 valence electrons. The number of carbonyl (C=O) groups is 1. The quantitative estimate of drug-likeness (QED) is 0.520. The van der Waals surface area contributed by atoms with E-state index in [4.69, 9.17) is 9.26 Å². The van der Waals surface area contributed by atoms with Crippen LogP contribution in [0.1, 0.15) is 28.4 Å². The fraction of sp³-hybridized carbons (Fsp3) is 0.211. The van der Waals surface area contributed by atoms with Gasteiger partial charge in [-0.25, -0.2) is 9.18 Å². The molecule has 0 aliphatic rings. The number of phenols is 1. The highest BCUT2D eigenvalue weighted by molar-refractivity contribution is 7.10. The molecular formula is C19H18FN2O5P. The highest BCUT2D eigenvalue weighted by Gasteiger charge is 2.24. The molecule has 3 rings (SSSR count). The Morgan fingerprint density at radius 1 is 1.36 bits per heavy atom. The van der Waals surface area contributed by atoms with E-state index < -0.39 is 17.3 Å². The van der Waals surface area contributed by atoms with Gasteiger partial charge in [0.15, 0.2) is 11.3 Å². The summed E-state index contributed by atoms with van der Waals surface area (Å²) >= 11 is 0. The Morgan fingerprint density at radius 3 is 2.75 bits per heavy atom. The second-order valence-electron chi connectivity index (χ2n) is 6.07. The number of phenolic OH excluding ortho intramolecular Hbond substituents is 1. The summed E-state index contributed by atoms with van der Waals surface area (Å²) in [6.45, 7) is 1.75. The number of hydrogen-bond donors (Lipinski definition) is 1. The van der Waals surface area contributed by atoms with Gasteiger partial charge in [-0.2, -0.15) is 0 Å². The van der Waals surface area contributed by atoms with Crippen molar-refractivity contribution >= 4 is 26.5 Å². The van der Waals surface area contributed by atoms with E-state index in [1.165, 1.54) is 29.9 Å². The largest absolute Gasteiger partial charge is 0.508 e. The molecular weight excluding hydrogens is 386 g/mol. The van der Waals surface area contributed by atoms with Gasteiger partial charge in [0.05, 0.1) is 21.6 Å². The van der Waals surface area contributed by atoms with Crippen LogP contribution in [0.4, 0.5) is 4.39 Å². The summed E-state index contributed by atoms with van der Waals surface area (Å²) in [4.78, 5) is 29.2. The zero-order valence-electron chi connectivity index (χ0n) is 15.2. The lowest BCUT2D eigenvalue weighted by Crippen LogP contribution is -2.27. The lowest BCUT2D eigenvalue weighted by molar-refractivity contribution is 0.0522. The number of aryl methyl sites for hydroxylation is 1. The number of aromatic nitrogens is 2. The van der Waals surface area contributed by atoms with Crippen LogP contribution in [0.3, 0.4) is 0 Å². The molecule has 0 radical (unpaired) electrons. The molecule has 9 heteroatoms. The molecule has 0 spiro atoms. The van der Waals surface area contributed by atoms with Crippen molar-refractivity contribution in [1.29, 1.82) is 0 Å². The standard InChI is InChI=1S/C19H18FN2O5P/c1-3-26-19(25)15-17(27-28)16-13(22(2)18(15)24)7-10(9-21-16)6-11-4-5-12(20)8-14(11)23/h4-5,7-9,23H,3,6,28H2,1-2H3. The van der Waals surface area contributed by atoms with Crippen LogP contribution >= 0.6 is 9.47 Å². The predicted molar refractivity (Wildman–Crippen MR) is 104 cm³/mol. The fourth-order valence-corrected chi connectivity index (χ4v) is 3.15. The number of nitrogens with zero attached hydrogens (tertiary/aromatic N) is 2. The van der Waals surface area contributed by atoms with Gasteiger partial charge in [-0.3, -0.25) is 9.78 Å². The molecule has 3 aromatic rings. The lowest BCUT2D eigenvalue weighted by Gasteiger charge is -2.14. The number of aromatic hydroxyl groups is 1. The summed E-state index contributed by atoms with van der Waals surface area (Å²) in [5.74, 6) is -1.48. The Bertz CT molecular complexity index is 1130. The van der Waals surface area contributed by atoms with Gasteiger partial charge in [0.25, 0.3) is 5.56 Å². The molecule has 1 aromatic carbocycles. The van der Waals surface area contributed by atoms with Crippen molar-refractivity contribution in [2.45, 2.75) is 13.3 Å². The average molecular weight is 404 g/mol. The number of esters is 1. The normalized spacial score (nSPS) is 10.9. The van der Waals surface area contributed by atoms with Gasteiger partial charge in [0, 0.05) is 25.7 Å². The summed E-state index contributed by atoms with van der Waals surface area (Å²) in [6.07, 6.45) is 1.82. The summed E-state index contributed by atoms with van der Waals surface area (Å²) in [5, 5.41) is 9.91. The lowest BCUT2D eigenvalue weighted by atomic mass is 10.0. The highest BCUT2D eigenvalue weighted by atomic mass is 31.0. The molecule has 0 bridgehead atoms. The Labute approximate surface area is 162 Å². The minimum absolute atomic E-state index is 0.0118. The molecule has 0 aliphatic carbocycles. The topological polar surface area (TPSA) is 90.7 Å². The van der Waals surface area contributed by atoms with E-state index in [0.29, 0.717) is 22.2 Å². The first-order valence-electron chi connectivity index (χ1n) is 8.40. The van der Waals surface area contributed by atoms with Crippen molar-refractivity contribution in [3.05, 3.63) is 63.3 Å². The van der Waals surface area contributed by atoms with Crippen molar-refractivity contribution in [2.75, 3.05) is 6.61 Å². The van der Waals surface area contributed by atoms with Gasteiger partial charge in [0.1, 0.15) is 17.1 Å². The van der Waals surface area contributed by atoms with Crippen LogP contribution in [0, 0.1) is 5.82 Å². The number of carbonyl (C=O) groups excluding carboxylic acids is 1. The molecule has 1 N–H and O–H groups in total. The highest BCUT2D eigenvalue weighted by Crippen LogP contribution is 2.29. The smallest absolute Gasteiger partial charge is 0.347 e. The van der Waals surface area contributed by atoms with Crippen molar-refractivity contribution in [3.63, 3.8) is 0 Å². The molecule has 1 atom stereocenters. The van der Waals surface area contributed by atoms with Crippen molar-refractivity contribution in [2.24, 2.45) is 7.05 Å². The Balaban J connectivity index is 2.14. The van der Waals surface area contributed by atoms with Gasteiger partial charge in [-0.15, -0.1) is 0 Å². The Morgan fingerprint density at radius 2 is 2.11 bits per heavy atom. The van der Waals surface area contributed by atoms with Gasteiger partial charge < -0.3 is 18.9 Å². The van der Waals surface area contributed by atoms with E-state index in [1.807, 2.05) is 9.47 Å². The molecule has 0 aliphatic heterocycles. The third kappa shape index (κ3) is 3.55. The maximum Gasteiger partial charge on any atom is 0.347 e. The summed E-state index contributed by atoms with van der Waals surface area (Å²) in [7, 11) is 3.52. The summed E-state index contributed by atoms with van der Waals surface area (Å²) < 4.78 is 24.6. The molecule has 1 unspecified atom stereocenters. The van der Waals surface area contributed by atoms with E-state index in [1.54, 1.807) is 13.0 Å². The number of fused-ring (bicyclic) bond motifs is 1. The van der Waals surface area contributed by atoms with Crippen molar-refractivity contribution in [3.8, 4) is 11.5 Å². The van der Waals surface area contributed by atoms with Crippen LogP contribution in [0.15, 0.2) is 35.3 Å². The van der Waals surface area contributed by atoms with Gasteiger partial charge in [-0.05, 0) is 30.2 Å². The minimum atomic E-state index is -0.787. The zero-order valence-corrected chi connectivity index (χ0v) is 16.4. The maximum absolute atomic E-state index is 13.2. The van der Waals surface area contributed by atoms with E-state index in [-0.39, 0.29) is 30.1 Å². The number of benzene rings is 1. The molecule has 2 aromatic heterocycles. The maximum atomic E-state index is 13.2. The van der Waals surface area contributed by atoms with E-state index in [9.17, 15) is 19.1 Å². The zero-order chi connectivity index (χ0) is 20.4. The van der Waals surface area contributed by atoms with Crippen molar-refractivity contribution in [1.82, 2.24) is 9.55 Å². The first-order valence-corrected chi connectivity index (χ1v) is 8.87. The molecule has 0 amide bonds. The number of pyridine rings is 2. The van der Waals surface area contributed by atoms with Crippen LogP contribution in [0.2, 0.25) is 0 Å². The van der Waals surface area contributed by atoms with E-state index in [2.05, 4.69) is 4.98 Å². The third-order valence-electron chi connectivity index (χ3n) is 4.29. The number of hydrogen-bond acceptors (Lipinski definition) is 6. The Kier molecular flexibility index (Phi) is 5.61. The summed E-state index contributed by atoms with van der Waals surface area (Å²) in [6, 6.07) is 5.47. The molecule has 0 saturated carbocycles.